The largest absolute Gasteiger partial charge is 0.465 e. The molecule has 0 aliphatic rings. The molecule has 0 fully saturated rings. The molecule has 25 heavy (non-hydrogen) atoms. The van der Waals surface area contributed by atoms with Crippen molar-refractivity contribution in [2.75, 3.05) is 13.2 Å². The maximum Gasteiger partial charge on any atom is 0.313 e. The van der Waals surface area contributed by atoms with Crippen LogP contribution in [-0.2, 0) is 21.0 Å². The number of fused-ring (bicyclic) bond motifs is 1. The van der Waals surface area contributed by atoms with Crippen LogP contribution in [0.3, 0.4) is 0 Å². The van der Waals surface area contributed by atoms with Gasteiger partial charge >= 0.3 is 5.97 Å². The summed E-state index contributed by atoms with van der Waals surface area (Å²) in [7, 11) is 0. The molecule has 2 aromatic rings. The number of aliphatic hydroxyl groups excluding tert-OH is 1. The van der Waals surface area contributed by atoms with E-state index in [0.29, 0.717) is 12.8 Å². The minimum atomic E-state index is -0.386. The second-order valence-electron chi connectivity index (χ2n) is 5.78. The first-order valence-electron chi connectivity index (χ1n) is 8.12. The molecule has 7 nitrogen and oxygen atoms in total. The Morgan fingerprint density at radius 3 is 2.48 bits per heavy atom. The Labute approximate surface area is 145 Å². The number of carbonyl (C=O) groups is 1. The second kappa shape index (κ2) is 9.45. The fourth-order valence-electron chi connectivity index (χ4n) is 2.47. The van der Waals surface area contributed by atoms with Crippen LogP contribution in [0.4, 0.5) is 0 Å². The van der Waals surface area contributed by atoms with Crippen LogP contribution < -0.4 is 0 Å². The average Bonchev–Trinajstić information content (AvgIpc) is 2.62. The molecule has 1 unspecified atom stereocenters. The number of carbonyl (C=O) groups excluding carboxylic acids is 1. The van der Waals surface area contributed by atoms with Gasteiger partial charge in [-0.1, -0.05) is 30.3 Å². The van der Waals surface area contributed by atoms with Gasteiger partial charge in [0, 0.05) is 0 Å². The summed E-state index contributed by atoms with van der Waals surface area (Å²) in [4.78, 5) is 16.6. The van der Waals surface area contributed by atoms with Gasteiger partial charge in [0.2, 0.25) is 0 Å². The van der Waals surface area contributed by atoms with Crippen LogP contribution in [0, 0.1) is 0 Å². The molecular formula is C18H23NO6. The number of unbranched alkanes of at least 4 members (excludes halogenated alkanes) is 1. The molecule has 0 spiro atoms. The smallest absolute Gasteiger partial charge is 0.313 e. The second-order valence-corrected chi connectivity index (χ2v) is 5.78. The van der Waals surface area contributed by atoms with Crippen molar-refractivity contribution in [1.29, 1.82) is 0 Å². The molecule has 0 radical (unpaired) electrons. The lowest BCUT2D eigenvalue weighted by Gasteiger charge is -2.13. The fraction of sp³-hybridized carbons (Fsp3) is 0.389. The Kier molecular flexibility index (Phi) is 7.30. The molecule has 0 aliphatic heterocycles. The van der Waals surface area contributed by atoms with Gasteiger partial charge in [0.05, 0.1) is 31.1 Å². The van der Waals surface area contributed by atoms with Gasteiger partial charge in [-0.3, -0.25) is 20.0 Å². The minimum absolute atomic E-state index is 0.0000996. The van der Waals surface area contributed by atoms with E-state index in [9.17, 15) is 9.90 Å². The van der Waals surface area contributed by atoms with Gasteiger partial charge in [-0.05, 0) is 47.7 Å². The summed E-state index contributed by atoms with van der Waals surface area (Å²) in [5.41, 5.74) is 1.72. The maximum atomic E-state index is 12.1. The third-order valence-electron chi connectivity index (χ3n) is 3.95. The van der Waals surface area contributed by atoms with E-state index in [1.54, 1.807) is 6.92 Å². The van der Waals surface area contributed by atoms with E-state index in [0.717, 1.165) is 21.9 Å². The van der Waals surface area contributed by atoms with E-state index in [1.807, 2.05) is 36.4 Å². The highest BCUT2D eigenvalue weighted by atomic mass is 17.1. The van der Waals surface area contributed by atoms with Crippen molar-refractivity contribution in [2.45, 2.75) is 32.3 Å². The number of nitrogens with zero attached hydrogens (tertiary/aromatic N) is 1. The fourth-order valence-corrected chi connectivity index (χ4v) is 2.47. The Morgan fingerprint density at radius 2 is 1.76 bits per heavy atom. The van der Waals surface area contributed by atoms with Crippen LogP contribution in [0.2, 0.25) is 0 Å². The monoisotopic (exact) mass is 349 g/mol. The van der Waals surface area contributed by atoms with E-state index in [2.05, 4.69) is 4.84 Å². The highest BCUT2D eigenvalue weighted by Gasteiger charge is 2.17. The molecule has 0 amide bonds. The van der Waals surface area contributed by atoms with Gasteiger partial charge < -0.3 is 9.84 Å². The van der Waals surface area contributed by atoms with Crippen LogP contribution in [0.15, 0.2) is 36.4 Å². The predicted molar refractivity (Wildman–Crippen MR) is 89.8 cm³/mol. The van der Waals surface area contributed by atoms with Gasteiger partial charge in [0.1, 0.15) is 0 Å². The van der Waals surface area contributed by atoms with Crippen molar-refractivity contribution in [2.24, 2.45) is 0 Å². The van der Waals surface area contributed by atoms with Crippen LogP contribution in [0.1, 0.15) is 36.8 Å². The highest BCUT2D eigenvalue weighted by Crippen LogP contribution is 2.23. The zero-order valence-electron chi connectivity index (χ0n) is 14.1. The highest BCUT2D eigenvalue weighted by molar-refractivity contribution is 5.86. The number of benzene rings is 2. The summed E-state index contributed by atoms with van der Waals surface area (Å²) in [5.74, 6) is -0.693. The molecule has 0 saturated heterocycles. The topological polar surface area (TPSA) is 99.5 Å². The van der Waals surface area contributed by atoms with Crippen molar-refractivity contribution in [1.82, 2.24) is 5.39 Å². The number of esters is 1. The first-order valence-corrected chi connectivity index (χ1v) is 8.12. The summed E-state index contributed by atoms with van der Waals surface area (Å²) >= 11 is 0. The molecule has 3 N–H and O–H groups in total. The lowest BCUT2D eigenvalue weighted by molar-refractivity contribution is -0.492. The molecule has 0 heterocycles. The molecule has 136 valence electrons. The Bertz CT molecular complexity index is 703. The number of aliphatic hydroxyl groups is 1. The van der Waals surface area contributed by atoms with Gasteiger partial charge in [0.15, 0.2) is 0 Å². The van der Waals surface area contributed by atoms with Crippen molar-refractivity contribution < 1.29 is 29.9 Å². The van der Waals surface area contributed by atoms with E-state index in [4.69, 9.17) is 15.2 Å². The zero-order valence-corrected chi connectivity index (χ0v) is 14.1. The predicted octanol–water partition coefficient (Wildman–Crippen LogP) is 2.77. The standard InChI is InChI=1S/C18H23NO6/c1-13(18(21)24-8-2-3-9-25-19(22)23)15-6-7-16-10-14(12-20)4-5-17(16)11-15/h4-7,10-11,13,20,22-23H,2-3,8-9,12H2,1H3. The first kappa shape index (κ1) is 19.3. The zero-order chi connectivity index (χ0) is 18.2. The summed E-state index contributed by atoms with van der Waals surface area (Å²) in [6, 6.07) is 11.5. The molecule has 1 atom stereocenters. The minimum Gasteiger partial charge on any atom is -0.465 e. The third kappa shape index (κ3) is 5.77. The first-order chi connectivity index (χ1) is 12.0. The van der Waals surface area contributed by atoms with Crippen molar-refractivity contribution in [3.05, 3.63) is 47.5 Å². The summed E-state index contributed by atoms with van der Waals surface area (Å²) in [5, 5.41) is 27.6. The van der Waals surface area contributed by atoms with E-state index >= 15 is 0 Å². The molecule has 0 aromatic heterocycles. The number of rotatable bonds is 9. The molecule has 2 aromatic carbocycles. The molecular weight excluding hydrogens is 326 g/mol. The molecule has 0 bridgehead atoms. The average molecular weight is 349 g/mol. The third-order valence-corrected chi connectivity index (χ3v) is 3.95. The van der Waals surface area contributed by atoms with Crippen LogP contribution in [0.25, 0.3) is 10.8 Å². The Morgan fingerprint density at radius 1 is 1.08 bits per heavy atom. The van der Waals surface area contributed by atoms with Crippen molar-refractivity contribution >= 4 is 16.7 Å². The van der Waals surface area contributed by atoms with Crippen molar-refractivity contribution in [3.63, 3.8) is 0 Å². The van der Waals surface area contributed by atoms with Crippen LogP contribution in [0.5, 0.6) is 0 Å². The maximum absolute atomic E-state index is 12.1. The van der Waals surface area contributed by atoms with Gasteiger partial charge in [-0.2, -0.15) is 0 Å². The van der Waals surface area contributed by atoms with Crippen LogP contribution in [-0.4, -0.2) is 40.1 Å². The quantitative estimate of drug-likeness (QED) is 0.364. The summed E-state index contributed by atoms with van der Waals surface area (Å²) < 4.78 is 5.25. The SMILES string of the molecule is CC(C(=O)OCCCCON(O)O)c1ccc2cc(CO)ccc2c1. The van der Waals surface area contributed by atoms with Gasteiger partial charge in [0.25, 0.3) is 0 Å². The number of hydrogen-bond acceptors (Lipinski definition) is 7. The Hall–Kier alpha value is -2.03. The number of hydrogen-bond donors (Lipinski definition) is 3. The molecule has 0 aliphatic carbocycles. The van der Waals surface area contributed by atoms with E-state index in [1.165, 1.54) is 0 Å². The van der Waals surface area contributed by atoms with Crippen molar-refractivity contribution in [3.8, 4) is 0 Å². The summed E-state index contributed by atoms with van der Waals surface area (Å²) in [6.45, 7) is 2.17. The van der Waals surface area contributed by atoms with Crippen LogP contribution >= 0.6 is 0 Å². The molecule has 2 rings (SSSR count). The lowest BCUT2D eigenvalue weighted by Crippen LogP contribution is -2.16. The van der Waals surface area contributed by atoms with Gasteiger partial charge in [-0.15, -0.1) is 0 Å². The van der Waals surface area contributed by atoms with E-state index < -0.39 is 0 Å². The normalized spacial score (nSPS) is 12.5. The molecule has 0 saturated carbocycles. The Balaban J connectivity index is 1.87. The summed E-state index contributed by atoms with van der Waals surface area (Å²) in [6.07, 6.45) is 1.09. The van der Waals surface area contributed by atoms with E-state index in [-0.39, 0.29) is 37.1 Å². The van der Waals surface area contributed by atoms with Gasteiger partial charge in [-0.25, -0.2) is 0 Å². The number of ether oxygens (including phenoxy) is 1. The molecule has 7 heteroatoms. The lowest BCUT2D eigenvalue weighted by atomic mass is 9.97.